The lowest BCUT2D eigenvalue weighted by atomic mass is 10.1. The molecule has 1 aliphatic heterocycles. The largest absolute Gasteiger partial charge is 0.416 e. The topological polar surface area (TPSA) is 12.0 Å². The van der Waals surface area contributed by atoms with E-state index in [0.717, 1.165) is 30.4 Å². The summed E-state index contributed by atoms with van der Waals surface area (Å²) in [6.07, 6.45) is -2.31. The van der Waals surface area contributed by atoms with Crippen molar-refractivity contribution in [2.45, 2.75) is 25.1 Å². The molecule has 1 fully saturated rings. The Morgan fingerprint density at radius 3 is 2.50 bits per heavy atom. The van der Waals surface area contributed by atoms with E-state index in [4.69, 9.17) is 0 Å². The third kappa shape index (κ3) is 3.57. The molecular weight excluding hydrogens is 327 g/mol. The maximum Gasteiger partial charge on any atom is 0.416 e. The van der Waals surface area contributed by atoms with Crippen molar-refractivity contribution < 1.29 is 13.2 Å². The maximum absolute atomic E-state index is 12.6. The first kappa shape index (κ1) is 14.1. The Bertz CT molecular complexity index is 416. The number of alkyl halides is 3. The van der Waals surface area contributed by atoms with Crippen LogP contribution in [0.1, 0.15) is 18.4 Å². The Hall–Kier alpha value is -0.360. The minimum atomic E-state index is -4.29. The van der Waals surface area contributed by atoms with Gasteiger partial charge in [-0.15, -0.1) is 0 Å². The maximum atomic E-state index is 12.6. The number of rotatable bonds is 2. The standard InChI is InChI=1S/C12H13BrF3NS/c13-10-2-1-8(12(14,15)16)7-11(10)17-9-3-5-18-6-4-9/h1-2,7,9,17H,3-6H2. The SMILES string of the molecule is FC(F)(F)c1ccc(Br)c(NC2CCSCC2)c1. The van der Waals surface area contributed by atoms with E-state index in [1.54, 1.807) is 0 Å². The van der Waals surface area contributed by atoms with Gasteiger partial charge >= 0.3 is 6.18 Å². The molecule has 0 bridgehead atoms. The first-order valence-electron chi connectivity index (χ1n) is 5.68. The van der Waals surface area contributed by atoms with Gasteiger partial charge in [0.1, 0.15) is 0 Å². The highest BCUT2D eigenvalue weighted by Gasteiger charge is 2.31. The molecular formula is C12H13BrF3NS. The van der Waals surface area contributed by atoms with Crippen LogP contribution in [0, 0.1) is 0 Å². The van der Waals surface area contributed by atoms with E-state index in [2.05, 4.69) is 21.2 Å². The highest BCUT2D eigenvalue weighted by Crippen LogP contribution is 2.34. The van der Waals surface area contributed by atoms with Crippen LogP contribution in [0.25, 0.3) is 0 Å². The molecule has 0 unspecified atom stereocenters. The summed E-state index contributed by atoms with van der Waals surface area (Å²) < 4.78 is 38.6. The number of benzene rings is 1. The second kappa shape index (κ2) is 5.74. The normalized spacial score (nSPS) is 17.8. The van der Waals surface area contributed by atoms with Gasteiger partial charge in [0.15, 0.2) is 0 Å². The number of anilines is 1. The van der Waals surface area contributed by atoms with E-state index >= 15 is 0 Å². The second-order valence-electron chi connectivity index (χ2n) is 4.22. The molecule has 1 aromatic carbocycles. The van der Waals surface area contributed by atoms with Crippen LogP contribution in [-0.4, -0.2) is 17.5 Å². The molecule has 1 saturated heterocycles. The van der Waals surface area contributed by atoms with Gasteiger partial charge in [-0.1, -0.05) is 0 Å². The van der Waals surface area contributed by atoms with Crippen LogP contribution in [0.5, 0.6) is 0 Å². The van der Waals surface area contributed by atoms with E-state index in [-0.39, 0.29) is 6.04 Å². The van der Waals surface area contributed by atoms with Crippen molar-refractivity contribution >= 4 is 33.4 Å². The summed E-state index contributed by atoms with van der Waals surface area (Å²) in [7, 11) is 0. The minimum Gasteiger partial charge on any atom is -0.381 e. The van der Waals surface area contributed by atoms with E-state index in [0.29, 0.717) is 10.2 Å². The van der Waals surface area contributed by atoms with Crippen LogP contribution in [0.15, 0.2) is 22.7 Å². The van der Waals surface area contributed by atoms with Gasteiger partial charge in [0.25, 0.3) is 0 Å². The van der Waals surface area contributed by atoms with Crippen molar-refractivity contribution in [2.24, 2.45) is 0 Å². The Morgan fingerprint density at radius 2 is 1.89 bits per heavy atom. The van der Waals surface area contributed by atoms with Gasteiger partial charge in [0, 0.05) is 16.2 Å². The Balaban J connectivity index is 2.15. The molecule has 0 atom stereocenters. The number of hydrogen-bond acceptors (Lipinski definition) is 2. The third-order valence-electron chi connectivity index (χ3n) is 2.87. The molecule has 6 heteroatoms. The molecule has 1 aromatic rings. The Labute approximate surface area is 117 Å². The molecule has 1 nitrogen and oxygen atoms in total. The average Bonchev–Trinajstić information content (AvgIpc) is 2.32. The van der Waals surface area contributed by atoms with Crippen LogP contribution in [0.2, 0.25) is 0 Å². The molecule has 1 aliphatic rings. The number of halogens is 4. The molecule has 1 N–H and O–H groups in total. The van der Waals surface area contributed by atoms with Crippen molar-refractivity contribution in [1.82, 2.24) is 0 Å². The van der Waals surface area contributed by atoms with Gasteiger partial charge in [-0.05, 0) is 58.5 Å². The smallest absolute Gasteiger partial charge is 0.381 e. The fraction of sp³-hybridized carbons (Fsp3) is 0.500. The first-order valence-corrected chi connectivity index (χ1v) is 7.62. The minimum absolute atomic E-state index is 0.269. The highest BCUT2D eigenvalue weighted by molar-refractivity contribution is 9.10. The number of hydrogen-bond donors (Lipinski definition) is 1. The summed E-state index contributed by atoms with van der Waals surface area (Å²) in [5, 5.41) is 3.20. The van der Waals surface area contributed by atoms with Crippen molar-refractivity contribution in [3.05, 3.63) is 28.2 Å². The van der Waals surface area contributed by atoms with Gasteiger partial charge in [-0.2, -0.15) is 24.9 Å². The lowest BCUT2D eigenvalue weighted by Crippen LogP contribution is -2.24. The van der Waals surface area contributed by atoms with Crippen LogP contribution in [0.4, 0.5) is 18.9 Å². The van der Waals surface area contributed by atoms with Crippen molar-refractivity contribution in [3.8, 4) is 0 Å². The summed E-state index contributed by atoms with van der Waals surface area (Å²) in [4.78, 5) is 0. The zero-order valence-corrected chi connectivity index (χ0v) is 12.0. The molecule has 0 aromatic heterocycles. The summed E-state index contributed by atoms with van der Waals surface area (Å²) in [6, 6.07) is 3.98. The Kier molecular flexibility index (Phi) is 4.48. The number of nitrogens with one attached hydrogen (secondary N) is 1. The molecule has 100 valence electrons. The van der Waals surface area contributed by atoms with E-state index in [1.165, 1.54) is 12.1 Å². The van der Waals surface area contributed by atoms with Gasteiger partial charge in [0.2, 0.25) is 0 Å². The van der Waals surface area contributed by atoms with Gasteiger partial charge in [-0.3, -0.25) is 0 Å². The predicted octanol–water partition coefficient (Wildman–Crippen LogP) is 4.78. The van der Waals surface area contributed by atoms with E-state index < -0.39 is 11.7 Å². The van der Waals surface area contributed by atoms with Gasteiger partial charge in [0.05, 0.1) is 5.56 Å². The van der Waals surface area contributed by atoms with Crippen LogP contribution in [0.3, 0.4) is 0 Å². The summed E-state index contributed by atoms with van der Waals surface area (Å²) in [5.74, 6) is 2.13. The van der Waals surface area contributed by atoms with Crippen LogP contribution >= 0.6 is 27.7 Å². The lowest BCUT2D eigenvalue weighted by molar-refractivity contribution is -0.137. The van der Waals surface area contributed by atoms with Crippen LogP contribution < -0.4 is 5.32 Å². The van der Waals surface area contributed by atoms with Gasteiger partial charge < -0.3 is 5.32 Å². The fourth-order valence-corrected chi connectivity index (χ4v) is 3.34. The Morgan fingerprint density at radius 1 is 1.22 bits per heavy atom. The molecule has 1 heterocycles. The molecule has 18 heavy (non-hydrogen) atoms. The average molecular weight is 340 g/mol. The summed E-state index contributed by atoms with van der Waals surface area (Å²) >= 11 is 5.18. The fourth-order valence-electron chi connectivity index (χ4n) is 1.87. The molecule has 0 amide bonds. The number of thioether (sulfide) groups is 1. The van der Waals surface area contributed by atoms with Crippen molar-refractivity contribution in [1.29, 1.82) is 0 Å². The molecule has 0 aliphatic carbocycles. The molecule has 2 rings (SSSR count). The third-order valence-corrected chi connectivity index (χ3v) is 4.61. The molecule has 0 radical (unpaired) electrons. The summed E-state index contributed by atoms with van der Waals surface area (Å²) in [5.41, 5.74) is -0.0832. The second-order valence-corrected chi connectivity index (χ2v) is 6.30. The van der Waals surface area contributed by atoms with Gasteiger partial charge in [-0.25, -0.2) is 0 Å². The van der Waals surface area contributed by atoms with E-state index in [9.17, 15) is 13.2 Å². The quantitative estimate of drug-likeness (QED) is 0.832. The summed E-state index contributed by atoms with van der Waals surface area (Å²) in [6.45, 7) is 0. The zero-order chi connectivity index (χ0) is 13.2. The molecule has 0 saturated carbocycles. The van der Waals surface area contributed by atoms with Crippen LogP contribution in [-0.2, 0) is 6.18 Å². The lowest BCUT2D eigenvalue weighted by Gasteiger charge is -2.24. The molecule has 0 spiro atoms. The first-order chi connectivity index (χ1) is 8.47. The monoisotopic (exact) mass is 339 g/mol. The van der Waals surface area contributed by atoms with Crippen molar-refractivity contribution in [2.75, 3.05) is 16.8 Å². The van der Waals surface area contributed by atoms with E-state index in [1.807, 2.05) is 11.8 Å². The predicted molar refractivity (Wildman–Crippen MR) is 73.1 cm³/mol. The highest BCUT2D eigenvalue weighted by atomic mass is 79.9. The zero-order valence-electron chi connectivity index (χ0n) is 9.56. The van der Waals surface area contributed by atoms with Crippen molar-refractivity contribution in [3.63, 3.8) is 0 Å².